The summed E-state index contributed by atoms with van der Waals surface area (Å²) in [6, 6.07) is 8.32. The first kappa shape index (κ1) is 16.7. The summed E-state index contributed by atoms with van der Waals surface area (Å²) >= 11 is 0. The molecule has 6 nitrogen and oxygen atoms in total. The van der Waals surface area contributed by atoms with Crippen LogP contribution in [0.3, 0.4) is 0 Å². The fraction of sp³-hybridized carbons (Fsp3) is 0.400. The maximum atomic E-state index is 11.6. The van der Waals surface area contributed by atoms with Gasteiger partial charge in [-0.1, -0.05) is 26.0 Å². The Kier molecular flexibility index (Phi) is 6.37. The van der Waals surface area contributed by atoms with E-state index in [9.17, 15) is 9.59 Å². The lowest BCUT2D eigenvalue weighted by Gasteiger charge is -2.15. The van der Waals surface area contributed by atoms with Crippen LogP contribution < -0.4 is 16.4 Å². The van der Waals surface area contributed by atoms with Crippen molar-refractivity contribution in [2.75, 3.05) is 6.54 Å². The molecule has 2 amide bonds. The molecule has 1 rings (SSSR count). The minimum Gasteiger partial charge on any atom is -0.350 e. The van der Waals surface area contributed by atoms with Crippen molar-refractivity contribution in [2.45, 2.75) is 26.4 Å². The van der Waals surface area contributed by atoms with E-state index in [0.717, 1.165) is 5.56 Å². The van der Waals surface area contributed by atoms with Gasteiger partial charge in [-0.2, -0.15) is 5.26 Å². The molecule has 0 unspecified atom stereocenters. The van der Waals surface area contributed by atoms with Crippen LogP contribution in [0.25, 0.3) is 0 Å². The van der Waals surface area contributed by atoms with E-state index in [1.807, 2.05) is 19.9 Å². The summed E-state index contributed by atoms with van der Waals surface area (Å²) in [5.74, 6) is -0.603. The number of hydrogen-bond acceptors (Lipinski definition) is 4. The second kappa shape index (κ2) is 8.02. The second-order valence-electron chi connectivity index (χ2n) is 5.07. The van der Waals surface area contributed by atoms with Crippen LogP contribution in [0.1, 0.15) is 25.0 Å². The Morgan fingerprint density at radius 2 is 1.86 bits per heavy atom. The van der Waals surface area contributed by atoms with Gasteiger partial charge in [-0.15, -0.1) is 0 Å². The summed E-state index contributed by atoms with van der Waals surface area (Å²) in [5, 5.41) is 13.9. The molecule has 0 aromatic heterocycles. The van der Waals surface area contributed by atoms with Gasteiger partial charge < -0.3 is 16.4 Å². The van der Waals surface area contributed by atoms with Crippen LogP contribution in [0.15, 0.2) is 24.3 Å². The van der Waals surface area contributed by atoms with Crippen molar-refractivity contribution in [3.63, 3.8) is 0 Å². The molecule has 1 aromatic carbocycles. The third kappa shape index (κ3) is 5.63. The van der Waals surface area contributed by atoms with Crippen LogP contribution in [0.4, 0.5) is 0 Å². The fourth-order valence-electron chi connectivity index (χ4n) is 1.55. The number of nitrogens with two attached hydrogens (primary N) is 1. The quantitative estimate of drug-likeness (QED) is 0.698. The number of amides is 2. The molecular weight excluding hydrogens is 268 g/mol. The van der Waals surface area contributed by atoms with Gasteiger partial charge in [0.15, 0.2) is 0 Å². The van der Waals surface area contributed by atoms with Crippen molar-refractivity contribution in [1.29, 1.82) is 5.26 Å². The van der Waals surface area contributed by atoms with Crippen LogP contribution in [0.5, 0.6) is 0 Å². The molecule has 0 aliphatic carbocycles. The smallest absolute Gasteiger partial charge is 0.239 e. The number of hydrogen-bond donors (Lipinski definition) is 3. The zero-order chi connectivity index (χ0) is 15.8. The molecule has 0 aliphatic rings. The van der Waals surface area contributed by atoms with Gasteiger partial charge in [-0.05, 0) is 23.6 Å². The van der Waals surface area contributed by atoms with E-state index in [2.05, 4.69) is 10.6 Å². The normalized spacial score (nSPS) is 11.6. The molecule has 4 N–H and O–H groups in total. The van der Waals surface area contributed by atoms with Gasteiger partial charge in [0.05, 0.1) is 24.2 Å². The largest absolute Gasteiger partial charge is 0.350 e. The van der Waals surface area contributed by atoms with Gasteiger partial charge in [0.2, 0.25) is 11.8 Å². The molecular formula is C15H20N4O2. The second-order valence-corrected chi connectivity index (χ2v) is 5.07. The SMILES string of the molecule is CC(C)[C@H](N)C(=O)NCC(=O)NCc1ccc(C#N)cc1. The Morgan fingerprint density at radius 1 is 1.24 bits per heavy atom. The van der Waals surface area contributed by atoms with Crippen LogP contribution in [-0.4, -0.2) is 24.4 Å². The summed E-state index contributed by atoms with van der Waals surface area (Å²) in [4.78, 5) is 23.2. The third-order valence-corrected chi connectivity index (χ3v) is 3.02. The highest BCUT2D eigenvalue weighted by Gasteiger charge is 2.17. The van der Waals surface area contributed by atoms with Crippen molar-refractivity contribution < 1.29 is 9.59 Å². The van der Waals surface area contributed by atoms with Crippen LogP contribution in [-0.2, 0) is 16.1 Å². The van der Waals surface area contributed by atoms with Gasteiger partial charge in [0, 0.05) is 6.54 Å². The fourth-order valence-corrected chi connectivity index (χ4v) is 1.55. The van der Waals surface area contributed by atoms with E-state index in [1.165, 1.54) is 0 Å². The lowest BCUT2D eigenvalue weighted by molar-refractivity contribution is -0.127. The zero-order valence-corrected chi connectivity index (χ0v) is 12.2. The summed E-state index contributed by atoms with van der Waals surface area (Å²) in [5.41, 5.74) is 7.12. The Labute approximate surface area is 124 Å². The Hall–Kier alpha value is -2.39. The zero-order valence-electron chi connectivity index (χ0n) is 12.2. The molecule has 0 spiro atoms. The highest BCUT2D eigenvalue weighted by molar-refractivity contribution is 5.87. The average Bonchev–Trinajstić information content (AvgIpc) is 2.50. The summed E-state index contributed by atoms with van der Waals surface area (Å²) < 4.78 is 0. The molecule has 1 atom stereocenters. The lowest BCUT2D eigenvalue weighted by Crippen LogP contribution is -2.47. The predicted molar refractivity (Wildman–Crippen MR) is 78.8 cm³/mol. The number of rotatable bonds is 6. The monoisotopic (exact) mass is 288 g/mol. The maximum Gasteiger partial charge on any atom is 0.239 e. The molecule has 0 fully saturated rings. The first-order valence-electron chi connectivity index (χ1n) is 6.73. The molecule has 21 heavy (non-hydrogen) atoms. The van der Waals surface area contributed by atoms with Crippen molar-refractivity contribution in [2.24, 2.45) is 11.7 Å². The Bertz CT molecular complexity index is 532. The standard InChI is InChI=1S/C15H20N4O2/c1-10(2)14(17)15(21)19-9-13(20)18-8-12-5-3-11(7-16)4-6-12/h3-6,10,14H,8-9,17H2,1-2H3,(H,18,20)(H,19,21)/t14-/m0/s1. The lowest BCUT2D eigenvalue weighted by atomic mass is 10.1. The van der Waals surface area contributed by atoms with E-state index >= 15 is 0 Å². The number of nitrogens with zero attached hydrogens (tertiary/aromatic N) is 1. The number of carbonyl (C=O) groups is 2. The van der Waals surface area contributed by atoms with Gasteiger partial charge in [-0.3, -0.25) is 9.59 Å². The average molecular weight is 288 g/mol. The molecule has 0 radical (unpaired) electrons. The number of nitriles is 1. The van der Waals surface area contributed by atoms with Crippen LogP contribution in [0.2, 0.25) is 0 Å². The Morgan fingerprint density at radius 3 is 2.38 bits per heavy atom. The maximum absolute atomic E-state index is 11.6. The topological polar surface area (TPSA) is 108 Å². The van der Waals surface area contributed by atoms with E-state index in [1.54, 1.807) is 24.3 Å². The molecule has 1 aromatic rings. The van der Waals surface area contributed by atoms with E-state index in [4.69, 9.17) is 11.0 Å². The first-order valence-corrected chi connectivity index (χ1v) is 6.73. The van der Waals surface area contributed by atoms with Crippen molar-refractivity contribution in [1.82, 2.24) is 10.6 Å². The highest BCUT2D eigenvalue weighted by atomic mass is 16.2. The molecule has 0 bridgehead atoms. The molecule has 6 heteroatoms. The van der Waals surface area contributed by atoms with Crippen molar-refractivity contribution >= 4 is 11.8 Å². The van der Waals surface area contributed by atoms with Gasteiger partial charge in [0.1, 0.15) is 0 Å². The predicted octanol–water partition coefficient (Wildman–Crippen LogP) is 0.274. The van der Waals surface area contributed by atoms with E-state index in [0.29, 0.717) is 12.1 Å². The summed E-state index contributed by atoms with van der Waals surface area (Å²) in [6.45, 7) is 3.93. The first-order chi connectivity index (χ1) is 9.93. The summed E-state index contributed by atoms with van der Waals surface area (Å²) in [7, 11) is 0. The molecule has 0 saturated carbocycles. The van der Waals surface area contributed by atoms with Gasteiger partial charge >= 0.3 is 0 Å². The van der Waals surface area contributed by atoms with Gasteiger partial charge in [0.25, 0.3) is 0 Å². The highest BCUT2D eigenvalue weighted by Crippen LogP contribution is 2.02. The number of carbonyl (C=O) groups excluding carboxylic acids is 2. The molecule has 112 valence electrons. The third-order valence-electron chi connectivity index (χ3n) is 3.02. The minimum absolute atomic E-state index is 0.0201. The number of nitrogens with one attached hydrogen (secondary N) is 2. The minimum atomic E-state index is -0.615. The molecule has 0 aliphatic heterocycles. The van der Waals surface area contributed by atoms with Crippen LogP contribution >= 0.6 is 0 Å². The summed E-state index contributed by atoms with van der Waals surface area (Å²) in [6.07, 6.45) is 0. The molecule has 0 heterocycles. The van der Waals surface area contributed by atoms with Gasteiger partial charge in [-0.25, -0.2) is 0 Å². The van der Waals surface area contributed by atoms with Crippen molar-refractivity contribution in [3.05, 3.63) is 35.4 Å². The van der Waals surface area contributed by atoms with Crippen LogP contribution in [0, 0.1) is 17.2 Å². The Balaban J connectivity index is 2.34. The van der Waals surface area contributed by atoms with E-state index in [-0.39, 0.29) is 24.3 Å². The van der Waals surface area contributed by atoms with E-state index < -0.39 is 6.04 Å². The van der Waals surface area contributed by atoms with Crippen molar-refractivity contribution in [3.8, 4) is 6.07 Å². The number of benzene rings is 1. The molecule has 0 saturated heterocycles.